The van der Waals surface area contributed by atoms with Crippen molar-refractivity contribution in [1.29, 1.82) is 0 Å². The van der Waals surface area contributed by atoms with Gasteiger partial charge in [-0.15, -0.1) is 4.37 Å². The number of carbonyl (C=O) groups excluding carboxylic acids is 1. The first-order valence-electron chi connectivity index (χ1n) is 23.4. The van der Waals surface area contributed by atoms with E-state index in [4.69, 9.17) is 9.47 Å². The molecule has 1 saturated heterocycles. The highest BCUT2D eigenvalue weighted by atomic mass is 32.2. The zero-order valence-corrected chi connectivity index (χ0v) is 39.1. The number of hydrogen-bond donors (Lipinski definition) is 1. The number of nitrogens with zero attached hydrogens (tertiary/aromatic N) is 3. The largest absolute Gasteiger partial charge is 0.465 e. The lowest BCUT2D eigenvalue weighted by atomic mass is 9.33. The summed E-state index contributed by atoms with van der Waals surface area (Å²) in [6.07, 6.45) is 25.3. The Kier molecular flexibility index (Phi) is 12.0. The van der Waals surface area contributed by atoms with Gasteiger partial charge in [-0.2, -0.15) is 4.98 Å². The molecule has 1 aliphatic heterocycles. The van der Waals surface area contributed by atoms with Gasteiger partial charge in [-0.1, -0.05) is 77.1 Å². The van der Waals surface area contributed by atoms with Gasteiger partial charge >= 0.3 is 12.0 Å². The van der Waals surface area contributed by atoms with E-state index in [1.54, 1.807) is 11.8 Å². The van der Waals surface area contributed by atoms with Crippen molar-refractivity contribution in [1.82, 2.24) is 19.6 Å². The number of aromatic nitrogens is 2. The van der Waals surface area contributed by atoms with Crippen molar-refractivity contribution in [3.63, 3.8) is 0 Å². The highest BCUT2D eigenvalue weighted by Gasteiger charge is 2.70. The molecular weight excluding hydrogens is 757 g/mol. The smallest absolute Gasteiger partial charge is 0.329 e. The molecule has 9 heteroatoms. The first-order chi connectivity index (χ1) is 27.7. The molecule has 1 unspecified atom stereocenters. The lowest BCUT2D eigenvalue weighted by Gasteiger charge is -2.72. The second-order valence-corrected chi connectivity index (χ2v) is 23.3. The molecular formula is C49H76N4O3S2. The molecule has 1 aromatic rings. The standard InChI is InChI=1S/C49H76N4O3S2/c1-10-55-41(54)48(32-56-42-51-43(57-9)58-52-42)23-16-34(17-24-48)36-19-21-45(6)38(44(36,4)5)20-22-47(8)39(45)15-14-37-40-35(33(2)3)18-25-49(40,27-26-46(37,47)7)50-28-31-53-29-12-11-13-30-53/h16,19,35,37-40,50H,2,10-15,17-18,20-32H2,1,3-9H3/t35-,37+,38-,39+,40+,45-,46+,47+,48?,49-/m0/s1. The predicted molar refractivity (Wildman–Crippen MR) is 239 cm³/mol. The fourth-order valence-corrected chi connectivity index (χ4v) is 16.5. The van der Waals surface area contributed by atoms with E-state index in [0.29, 0.717) is 54.0 Å². The van der Waals surface area contributed by atoms with Crippen molar-refractivity contribution < 1.29 is 14.3 Å². The highest BCUT2D eigenvalue weighted by molar-refractivity contribution is 8.00. The number of carbonyl (C=O) groups is 1. The van der Waals surface area contributed by atoms with Crippen molar-refractivity contribution in [2.75, 3.05) is 45.6 Å². The maximum atomic E-state index is 13.6. The third kappa shape index (κ3) is 7.02. The van der Waals surface area contributed by atoms with E-state index in [0.717, 1.165) is 35.6 Å². The zero-order valence-electron chi connectivity index (χ0n) is 37.5. The van der Waals surface area contributed by atoms with Crippen LogP contribution in [0.1, 0.15) is 145 Å². The molecule has 6 aliphatic carbocycles. The molecule has 1 aromatic heterocycles. The van der Waals surface area contributed by atoms with Gasteiger partial charge in [0.05, 0.1) is 6.61 Å². The Morgan fingerprint density at radius 3 is 2.45 bits per heavy atom. The number of rotatable bonds is 12. The molecule has 322 valence electrons. The fraction of sp³-hybridized carbons (Fsp3) is 0.816. The van der Waals surface area contributed by atoms with Gasteiger partial charge in [0.1, 0.15) is 12.0 Å². The van der Waals surface area contributed by atoms with Crippen LogP contribution in [-0.2, 0) is 9.53 Å². The summed E-state index contributed by atoms with van der Waals surface area (Å²) < 4.78 is 17.0. The monoisotopic (exact) mass is 833 g/mol. The number of esters is 1. The van der Waals surface area contributed by atoms with Gasteiger partial charge in [-0.25, -0.2) is 0 Å². The van der Waals surface area contributed by atoms with Crippen molar-refractivity contribution in [3.8, 4) is 6.01 Å². The number of piperidine rings is 1. The Labute approximate surface area is 360 Å². The molecule has 8 rings (SSSR count). The predicted octanol–water partition coefficient (Wildman–Crippen LogP) is 11.3. The Hall–Kier alpha value is -1.68. The lowest BCUT2D eigenvalue weighted by molar-refractivity contribution is -0.221. The average Bonchev–Trinajstić information content (AvgIpc) is 3.83. The van der Waals surface area contributed by atoms with Crippen LogP contribution in [0.25, 0.3) is 0 Å². The zero-order chi connectivity index (χ0) is 41.1. The van der Waals surface area contributed by atoms with Crippen LogP contribution >= 0.6 is 23.3 Å². The van der Waals surface area contributed by atoms with Crippen LogP contribution in [0.5, 0.6) is 6.01 Å². The molecule has 0 aromatic carbocycles. The van der Waals surface area contributed by atoms with E-state index in [2.05, 4.69) is 79.8 Å². The summed E-state index contributed by atoms with van der Waals surface area (Å²) in [6, 6.07) is 0.363. The van der Waals surface area contributed by atoms with Gasteiger partial charge in [0.15, 0.2) is 4.34 Å². The van der Waals surface area contributed by atoms with Crippen LogP contribution in [0, 0.1) is 56.7 Å². The van der Waals surface area contributed by atoms with Gasteiger partial charge in [-0.05, 0) is 197 Å². The van der Waals surface area contributed by atoms with E-state index in [9.17, 15) is 4.79 Å². The van der Waals surface area contributed by atoms with Gasteiger partial charge in [0.25, 0.3) is 0 Å². The van der Waals surface area contributed by atoms with E-state index < -0.39 is 5.41 Å². The summed E-state index contributed by atoms with van der Waals surface area (Å²) in [5, 5.41) is 4.36. The molecule has 0 bridgehead atoms. The molecule has 0 spiro atoms. The van der Waals surface area contributed by atoms with Gasteiger partial charge < -0.3 is 19.7 Å². The quantitative estimate of drug-likeness (QED) is 0.127. The third-order valence-electron chi connectivity index (χ3n) is 18.7. The summed E-state index contributed by atoms with van der Waals surface area (Å²) in [5.41, 5.74) is 4.98. The third-order valence-corrected chi connectivity index (χ3v) is 20.4. The molecule has 10 atom stereocenters. The molecule has 7 aliphatic rings. The minimum absolute atomic E-state index is 0.0631. The molecule has 1 N–H and O–H groups in total. The first kappa shape index (κ1) is 43.0. The SMILES string of the molecule is C=C(C)[C@@H]1CC[C@]2(NCCN3CCCCC3)CC[C@]3(C)[C@H](CC[C@@H]4[C@@]5(C)CC=C(C6=CCC(COc7nsc(SC)n7)(C(=O)OCC)CC6)C(C)(C)[C@@H]5CC[C@]43C)[C@@H]12. The minimum Gasteiger partial charge on any atom is -0.465 e. The second kappa shape index (κ2) is 16.2. The van der Waals surface area contributed by atoms with E-state index >= 15 is 0 Å². The number of thioether (sulfide) groups is 1. The Bertz CT molecular complexity index is 1770. The summed E-state index contributed by atoms with van der Waals surface area (Å²) in [7, 11) is 0. The Balaban J connectivity index is 1.02. The van der Waals surface area contributed by atoms with Gasteiger partial charge in [0, 0.05) is 18.6 Å². The number of fused-ring (bicyclic) bond motifs is 7. The normalized spacial score (nSPS) is 40.9. The van der Waals surface area contributed by atoms with Crippen LogP contribution < -0.4 is 10.1 Å². The molecule has 4 saturated carbocycles. The lowest BCUT2D eigenvalue weighted by Crippen LogP contribution is -2.68. The van der Waals surface area contributed by atoms with E-state index in [1.807, 2.05) is 13.2 Å². The molecule has 5 fully saturated rings. The number of nitrogens with one attached hydrogen (secondary N) is 1. The van der Waals surface area contributed by atoms with Crippen LogP contribution in [-0.4, -0.2) is 71.4 Å². The molecule has 0 radical (unpaired) electrons. The summed E-state index contributed by atoms with van der Waals surface area (Å²) in [6.45, 7) is 27.8. The summed E-state index contributed by atoms with van der Waals surface area (Å²) in [4.78, 5) is 20.8. The van der Waals surface area contributed by atoms with Crippen molar-refractivity contribution in [2.24, 2.45) is 56.7 Å². The second-order valence-electron chi connectivity index (χ2n) is 21.5. The molecule has 7 nitrogen and oxygen atoms in total. The molecule has 2 heterocycles. The summed E-state index contributed by atoms with van der Waals surface area (Å²) in [5.74, 6) is 3.31. The van der Waals surface area contributed by atoms with E-state index in [-0.39, 0.29) is 28.9 Å². The minimum atomic E-state index is -0.720. The molecule has 0 amide bonds. The van der Waals surface area contributed by atoms with Crippen LogP contribution in [0.3, 0.4) is 0 Å². The maximum Gasteiger partial charge on any atom is 0.329 e. The van der Waals surface area contributed by atoms with Gasteiger partial charge in [0.2, 0.25) is 0 Å². The number of hydrogen-bond acceptors (Lipinski definition) is 9. The van der Waals surface area contributed by atoms with Crippen LogP contribution in [0.15, 0.2) is 39.8 Å². The van der Waals surface area contributed by atoms with Crippen molar-refractivity contribution in [3.05, 3.63) is 35.5 Å². The topological polar surface area (TPSA) is 76.6 Å². The maximum absolute atomic E-state index is 13.6. The van der Waals surface area contributed by atoms with Gasteiger partial charge in [-0.3, -0.25) is 4.79 Å². The highest BCUT2D eigenvalue weighted by Crippen LogP contribution is 2.76. The Morgan fingerprint density at radius 2 is 1.76 bits per heavy atom. The summed E-state index contributed by atoms with van der Waals surface area (Å²) >= 11 is 2.90. The van der Waals surface area contributed by atoms with E-state index in [1.165, 1.54) is 119 Å². The number of ether oxygens (including phenoxy) is 2. The first-order valence-corrected chi connectivity index (χ1v) is 25.4. The average molecular weight is 833 g/mol. The van der Waals surface area contributed by atoms with Crippen LogP contribution in [0.4, 0.5) is 0 Å². The Morgan fingerprint density at radius 1 is 0.966 bits per heavy atom. The number of likely N-dealkylation sites (tertiary alicyclic amines) is 1. The van der Waals surface area contributed by atoms with Crippen molar-refractivity contribution in [2.45, 2.75) is 155 Å². The van der Waals surface area contributed by atoms with Crippen molar-refractivity contribution >= 4 is 29.3 Å². The number of allylic oxidation sites excluding steroid dienone is 5. The van der Waals surface area contributed by atoms with Crippen LogP contribution in [0.2, 0.25) is 0 Å². The molecule has 58 heavy (non-hydrogen) atoms. The fourth-order valence-electron chi connectivity index (χ4n) is 15.6.